The zero-order chi connectivity index (χ0) is 20.7. The number of halogens is 3. The number of rotatable bonds is 7. The van der Waals surface area contributed by atoms with Crippen molar-refractivity contribution >= 4 is 52.5 Å². The van der Waals surface area contributed by atoms with E-state index in [0.717, 1.165) is 0 Å². The SMILES string of the molecule is CCOc1cc(OCC)c(/C=C(\C#N)C(=O)Nc2ccc(Cl)c(Cl)c2)cc1Cl. The van der Waals surface area contributed by atoms with Crippen molar-refractivity contribution in [3.63, 3.8) is 0 Å². The Hall–Kier alpha value is -2.39. The van der Waals surface area contributed by atoms with E-state index in [1.165, 1.54) is 12.1 Å². The van der Waals surface area contributed by atoms with Crippen molar-refractivity contribution in [2.75, 3.05) is 18.5 Å². The fourth-order valence-electron chi connectivity index (χ4n) is 2.29. The van der Waals surface area contributed by atoms with E-state index in [0.29, 0.717) is 51.0 Å². The maximum absolute atomic E-state index is 12.5. The van der Waals surface area contributed by atoms with Crippen LogP contribution >= 0.6 is 34.8 Å². The van der Waals surface area contributed by atoms with E-state index < -0.39 is 5.91 Å². The van der Waals surface area contributed by atoms with E-state index in [4.69, 9.17) is 44.3 Å². The fourth-order valence-corrected chi connectivity index (χ4v) is 2.81. The van der Waals surface area contributed by atoms with Gasteiger partial charge in [0.05, 0.1) is 28.3 Å². The fraction of sp³-hybridized carbons (Fsp3) is 0.200. The minimum atomic E-state index is -0.603. The number of hydrogen-bond donors (Lipinski definition) is 1. The van der Waals surface area contributed by atoms with Crippen LogP contribution in [0.3, 0.4) is 0 Å². The Kier molecular flexibility index (Phi) is 8.01. The van der Waals surface area contributed by atoms with Crippen molar-refractivity contribution in [1.82, 2.24) is 0 Å². The van der Waals surface area contributed by atoms with Crippen LogP contribution in [0.5, 0.6) is 11.5 Å². The summed E-state index contributed by atoms with van der Waals surface area (Å²) in [5.41, 5.74) is 0.763. The van der Waals surface area contributed by atoms with E-state index >= 15 is 0 Å². The number of nitriles is 1. The van der Waals surface area contributed by atoms with Gasteiger partial charge in [0.2, 0.25) is 0 Å². The zero-order valence-electron chi connectivity index (χ0n) is 15.2. The third-order valence-electron chi connectivity index (χ3n) is 3.51. The minimum absolute atomic E-state index is 0.132. The molecule has 0 fully saturated rings. The number of anilines is 1. The first-order chi connectivity index (χ1) is 13.4. The van der Waals surface area contributed by atoms with Gasteiger partial charge in [-0.05, 0) is 44.2 Å². The number of nitrogens with zero attached hydrogens (tertiary/aromatic N) is 1. The molecule has 0 atom stereocenters. The van der Waals surface area contributed by atoms with Gasteiger partial charge in [0.15, 0.2) is 0 Å². The molecule has 8 heteroatoms. The number of carbonyl (C=O) groups excluding carboxylic acids is 1. The molecule has 0 saturated heterocycles. The van der Waals surface area contributed by atoms with E-state index in [1.807, 2.05) is 19.9 Å². The summed E-state index contributed by atoms with van der Waals surface area (Å²) in [6.45, 7) is 4.50. The summed E-state index contributed by atoms with van der Waals surface area (Å²) in [4.78, 5) is 12.5. The second-order valence-corrected chi connectivity index (χ2v) is 6.66. The molecular weight excluding hydrogens is 423 g/mol. The van der Waals surface area contributed by atoms with Crippen LogP contribution in [0.2, 0.25) is 15.1 Å². The lowest BCUT2D eigenvalue weighted by atomic mass is 10.1. The van der Waals surface area contributed by atoms with Crippen molar-refractivity contribution in [2.24, 2.45) is 0 Å². The predicted molar refractivity (Wildman–Crippen MR) is 112 cm³/mol. The molecule has 0 spiro atoms. The highest BCUT2D eigenvalue weighted by Crippen LogP contribution is 2.34. The number of nitrogens with one attached hydrogen (secondary N) is 1. The highest BCUT2D eigenvalue weighted by molar-refractivity contribution is 6.42. The summed E-state index contributed by atoms with van der Waals surface area (Å²) in [6.07, 6.45) is 1.40. The number of carbonyl (C=O) groups is 1. The Morgan fingerprint density at radius 3 is 2.32 bits per heavy atom. The molecule has 28 heavy (non-hydrogen) atoms. The van der Waals surface area contributed by atoms with Crippen LogP contribution in [0, 0.1) is 11.3 Å². The molecule has 2 aromatic rings. The molecule has 146 valence electrons. The molecule has 1 N–H and O–H groups in total. The van der Waals surface area contributed by atoms with Gasteiger partial charge in [0, 0.05) is 17.3 Å². The van der Waals surface area contributed by atoms with E-state index in [1.54, 1.807) is 24.3 Å². The van der Waals surface area contributed by atoms with E-state index in [-0.39, 0.29) is 5.57 Å². The molecule has 0 heterocycles. The molecule has 0 bridgehead atoms. The van der Waals surface area contributed by atoms with Crippen molar-refractivity contribution in [1.29, 1.82) is 5.26 Å². The summed E-state index contributed by atoms with van der Waals surface area (Å²) in [7, 11) is 0. The lowest BCUT2D eigenvalue weighted by molar-refractivity contribution is -0.112. The van der Waals surface area contributed by atoms with Gasteiger partial charge in [-0.1, -0.05) is 34.8 Å². The van der Waals surface area contributed by atoms with Crippen LogP contribution in [-0.4, -0.2) is 19.1 Å². The summed E-state index contributed by atoms with van der Waals surface area (Å²) in [5, 5.41) is 13.0. The lowest BCUT2D eigenvalue weighted by Gasteiger charge is -2.12. The molecule has 2 aromatic carbocycles. The lowest BCUT2D eigenvalue weighted by Crippen LogP contribution is -2.13. The maximum Gasteiger partial charge on any atom is 0.266 e. The topological polar surface area (TPSA) is 71.3 Å². The summed E-state index contributed by atoms with van der Waals surface area (Å²) < 4.78 is 11.1. The average molecular weight is 440 g/mol. The van der Waals surface area contributed by atoms with Crippen LogP contribution in [0.1, 0.15) is 19.4 Å². The van der Waals surface area contributed by atoms with Crippen LogP contribution in [0.4, 0.5) is 5.69 Å². The quantitative estimate of drug-likeness (QED) is 0.425. The van der Waals surface area contributed by atoms with Crippen molar-refractivity contribution in [3.8, 4) is 17.6 Å². The second-order valence-electron chi connectivity index (χ2n) is 5.44. The predicted octanol–water partition coefficient (Wildman–Crippen LogP) is 5.99. The average Bonchev–Trinajstić information content (AvgIpc) is 2.66. The second kappa shape index (κ2) is 10.2. The summed E-state index contributed by atoms with van der Waals surface area (Å²) in [5.74, 6) is 0.308. The van der Waals surface area contributed by atoms with E-state index in [9.17, 15) is 10.1 Å². The van der Waals surface area contributed by atoms with Gasteiger partial charge < -0.3 is 14.8 Å². The van der Waals surface area contributed by atoms with Gasteiger partial charge in [-0.25, -0.2) is 0 Å². The van der Waals surface area contributed by atoms with Gasteiger partial charge in [0.25, 0.3) is 5.91 Å². The molecule has 0 aliphatic heterocycles. The van der Waals surface area contributed by atoms with Crippen LogP contribution < -0.4 is 14.8 Å². The first-order valence-corrected chi connectivity index (χ1v) is 9.50. The van der Waals surface area contributed by atoms with Crippen LogP contribution in [0.15, 0.2) is 35.9 Å². The largest absolute Gasteiger partial charge is 0.493 e. The molecule has 0 aromatic heterocycles. The monoisotopic (exact) mass is 438 g/mol. The van der Waals surface area contributed by atoms with Crippen molar-refractivity contribution in [3.05, 3.63) is 56.5 Å². The Bertz CT molecular complexity index is 952. The molecule has 0 aliphatic rings. The molecule has 0 radical (unpaired) electrons. The number of hydrogen-bond acceptors (Lipinski definition) is 4. The Morgan fingerprint density at radius 2 is 1.71 bits per heavy atom. The molecule has 1 amide bonds. The molecule has 0 aliphatic carbocycles. The molecule has 0 saturated carbocycles. The Labute approximate surface area is 178 Å². The van der Waals surface area contributed by atoms with Gasteiger partial charge in [-0.2, -0.15) is 5.26 Å². The highest BCUT2D eigenvalue weighted by atomic mass is 35.5. The van der Waals surface area contributed by atoms with Gasteiger partial charge in [0.1, 0.15) is 23.1 Å². The van der Waals surface area contributed by atoms with Gasteiger partial charge >= 0.3 is 0 Å². The molecule has 5 nitrogen and oxygen atoms in total. The zero-order valence-corrected chi connectivity index (χ0v) is 17.5. The van der Waals surface area contributed by atoms with Crippen LogP contribution in [-0.2, 0) is 4.79 Å². The number of ether oxygens (including phenoxy) is 2. The van der Waals surface area contributed by atoms with Crippen LogP contribution in [0.25, 0.3) is 6.08 Å². The maximum atomic E-state index is 12.5. The van der Waals surface area contributed by atoms with Crippen molar-refractivity contribution < 1.29 is 14.3 Å². The van der Waals surface area contributed by atoms with E-state index in [2.05, 4.69) is 5.32 Å². The molecule has 2 rings (SSSR count). The third-order valence-corrected chi connectivity index (χ3v) is 4.54. The summed E-state index contributed by atoms with van der Waals surface area (Å²) in [6, 6.07) is 9.73. The normalized spacial score (nSPS) is 10.9. The molecule has 0 unspecified atom stereocenters. The standard InChI is InChI=1S/C20H17Cl3N2O3/c1-3-27-18-10-19(28-4-2)17(23)8-12(18)7-13(11-24)20(26)25-14-5-6-15(21)16(22)9-14/h5-10H,3-4H2,1-2H3,(H,25,26)/b13-7+. The first kappa shape index (κ1) is 21.9. The van der Waals surface area contributed by atoms with Gasteiger partial charge in [-0.3, -0.25) is 4.79 Å². The summed E-state index contributed by atoms with van der Waals surface area (Å²) >= 11 is 18.0. The van der Waals surface area contributed by atoms with Crippen molar-refractivity contribution in [2.45, 2.75) is 13.8 Å². The third kappa shape index (κ3) is 5.56. The number of amides is 1. The highest BCUT2D eigenvalue weighted by Gasteiger charge is 2.14. The minimum Gasteiger partial charge on any atom is -0.493 e. The Morgan fingerprint density at radius 1 is 1.04 bits per heavy atom. The first-order valence-electron chi connectivity index (χ1n) is 8.36. The number of benzene rings is 2. The van der Waals surface area contributed by atoms with Gasteiger partial charge in [-0.15, -0.1) is 0 Å². The molecular formula is C20H17Cl3N2O3. The Balaban J connectivity index is 2.36. The smallest absolute Gasteiger partial charge is 0.266 e.